The molecular weight excluding hydrogens is 162 g/mol. The number of hydrogen-bond donors (Lipinski definition) is 0. The Balaban J connectivity index is 2.78. The summed E-state index contributed by atoms with van der Waals surface area (Å²) in [4.78, 5) is 0. The van der Waals surface area contributed by atoms with E-state index in [0.717, 1.165) is 6.08 Å². The van der Waals surface area contributed by atoms with Crippen molar-refractivity contribution in [1.29, 1.82) is 0 Å². The zero-order chi connectivity index (χ0) is 6.91. The molecule has 9 heavy (non-hydrogen) atoms. The van der Waals surface area contributed by atoms with Gasteiger partial charge >= 0.3 is 0 Å². The molecule has 0 atom stereocenters. The van der Waals surface area contributed by atoms with E-state index in [1.807, 2.05) is 0 Å². The molecule has 0 saturated heterocycles. The number of alkyl halides is 2. The zero-order valence-corrected chi connectivity index (χ0v) is 5.96. The molecule has 49 valence electrons. The van der Waals surface area contributed by atoms with Gasteiger partial charge in [-0.3, -0.25) is 0 Å². The van der Waals surface area contributed by atoms with Crippen LogP contribution >= 0.6 is 23.2 Å². The lowest BCUT2D eigenvalue weighted by Crippen LogP contribution is -2.07. The fraction of sp³-hybridized carbons (Fsp3) is 0.167. The van der Waals surface area contributed by atoms with Crippen LogP contribution in [0.5, 0.6) is 0 Å². The molecule has 0 aliphatic heterocycles. The van der Waals surface area contributed by atoms with Gasteiger partial charge in [-0.1, -0.05) is 29.3 Å². The molecule has 3 heteroatoms. The summed E-state index contributed by atoms with van der Waals surface area (Å²) in [6.07, 6.45) is 5.41. The summed E-state index contributed by atoms with van der Waals surface area (Å²) >= 11 is 11.0. The monoisotopic (exact) mass is 165 g/mol. The Morgan fingerprint density at radius 2 is 2.11 bits per heavy atom. The molecule has 1 aliphatic rings. The van der Waals surface area contributed by atoms with Crippen molar-refractivity contribution < 1.29 is 4.39 Å². The normalized spacial score (nSPS) is 23.7. The average Bonchev–Trinajstić information content (AvgIpc) is 1.60. The Morgan fingerprint density at radius 3 is 2.44 bits per heavy atom. The molecule has 0 unspecified atom stereocenters. The molecule has 0 nitrogen and oxygen atoms in total. The lowest BCUT2D eigenvalue weighted by molar-refractivity contribution is 0.646. The van der Waals surface area contributed by atoms with Crippen molar-refractivity contribution in [1.82, 2.24) is 0 Å². The van der Waals surface area contributed by atoms with Gasteiger partial charge in [-0.05, 0) is 12.2 Å². The third-order valence-electron chi connectivity index (χ3n) is 0.904. The third-order valence-corrected chi connectivity index (χ3v) is 1.37. The third kappa shape index (κ3) is 1.99. The Bertz CT molecular complexity index is 170. The molecule has 0 spiro atoms. The van der Waals surface area contributed by atoms with Crippen LogP contribution in [0.15, 0.2) is 24.1 Å². The second-order valence-corrected chi connectivity index (χ2v) is 3.17. The smallest absolute Gasteiger partial charge is 0.157 e. The molecule has 1 radical (unpaired) electrons. The molecule has 1 rings (SSSR count). The van der Waals surface area contributed by atoms with E-state index in [1.165, 1.54) is 18.6 Å². The summed E-state index contributed by atoms with van der Waals surface area (Å²) in [5, 5.41) is 0. The van der Waals surface area contributed by atoms with Crippen LogP contribution in [0.3, 0.4) is 0 Å². The maximum atomic E-state index is 12.3. The highest BCUT2D eigenvalue weighted by Gasteiger charge is 2.20. The molecule has 0 aromatic heterocycles. The Labute approximate surface area is 63.0 Å². The lowest BCUT2D eigenvalue weighted by atomic mass is 10.2. The first kappa shape index (κ1) is 7.10. The predicted molar refractivity (Wildman–Crippen MR) is 37.1 cm³/mol. The van der Waals surface area contributed by atoms with E-state index >= 15 is 0 Å². The molecule has 0 bridgehead atoms. The Morgan fingerprint density at radius 1 is 1.44 bits per heavy atom. The summed E-state index contributed by atoms with van der Waals surface area (Å²) in [6, 6.07) is 0. The largest absolute Gasteiger partial charge is 0.211 e. The molecule has 0 amide bonds. The average molecular weight is 166 g/mol. The minimum absolute atomic E-state index is 0.400. The van der Waals surface area contributed by atoms with Crippen molar-refractivity contribution in [3.8, 4) is 0 Å². The standard InChI is InChI=1S/C6H4Cl2F/c7-6(8)3-1-2-5(9)4-6/h1-4H. The van der Waals surface area contributed by atoms with Gasteiger partial charge in [-0.25, -0.2) is 4.39 Å². The first-order chi connectivity index (χ1) is 4.10. The summed E-state index contributed by atoms with van der Waals surface area (Å²) in [5.74, 6) is -0.400. The van der Waals surface area contributed by atoms with Gasteiger partial charge in [0, 0.05) is 6.42 Å². The molecule has 0 heterocycles. The van der Waals surface area contributed by atoms with Crippen molar-refractivity contribution in [2.75, 3.05) is 0 Å². The van der Waals surface area contributed by atoms with Gasteiger partial charge in [-0.15, -0.1) is 0 Å². The van der Waals surface area contributed by atoms with Crippen LogP contribution in [0.1, 0.15) is 0 Å². The van der Waals surface area contributed by atoms with Gasteiger partial charge < -0.3 is 0 Å². The number of hydrogen-bond acceptors (Lipinski definition) is 0. The van der Waals surface area contributed by atoms with E-state index in [4.69, 9.17) is 23.2 Å². The van der Waals surface area contributed by atoms with Gasteiger partial charge in [-0.2, -0.15) is 0 Å². The molecule has 0 saturated carbocycles. The summed E-state index contributed by atoms with van der Waals surface area (Å²) in [6.45, 7) is 0. The van der Waals surface area contributed by atoms with Gasteiger partial charge in [0.15, 0.2) is 4.33 Å². The van der Waals surface area contributed by atoms with E-state index < -0.39 is 10.2 Å². The quantitative estimate of drug-likeness (QED) is 0.485. The van der Waals surface area contributed by atoms with E-state index in [1.54, 1.807) is 0 Å². The van der Waals surface area contributed by atoms with Gasteiger partial charge in [0.05, 0.1) is 0 Å². The summed E-state index contributed by atoms with van der Waals surface area (Å²) in [5.41, 5.74) is 0. The molecule has 0 fully saturated rings. The molecule has 0 N–H and O–H groups in total. The van der Waals surface area contributed by atoms with Crippen LogP contribution in [-0.2, 0) is 0 Å². The number of rotatable bonds is 0. The predicted octanol–water partition coefficient (Wildman–Crippen LogP) is 2.79. The highest BCUT2D eigenvalue weighted by Crippen LogP contribution is 2.30. The van der Waals surface area contributed by atoms with Crippen molar-refractivity contribution in [3.63, 3.8) is 0 Å². The highest BCUT2D eigenvalue weighted by atomic mass is 35.5. The molecule has 0 aromatic rings. The SMILES string of the molecule is FC1=CC(Cl)(Cl)C=C[CH]1. The van der Waals surface area contributed by atoms with Crippen LogP contribution < -0.4 is 0 Å². The lowest BCUT2D eigenvalue weighted by Gasteiger charge is -2.12. The van der Waals surface area contributed by atoms with Crippen LogP contribution in [0.2, 0.25) is 0 Å². The molecule has 0 aromatic carbocycles. The Hall–Kier alpha value is -0.0100. The number of allylic oxidation sites excluding steroid dienone is 4. The van der Waals surface area contributed by atoms with Gasteiger partial charge in [0.1, 0.15) is 5.83 Å². The summed E-state index contributed by atoms with van der Waals surface area (Å²) < 4.78 is 11.1. The van der Waals surface area contributed by atoms with E-state index in [-0.39, 0.29) is 0 Å². The van der Waals surface area contributed by atoms with E-state index in [2.05, 4.69) is 0 Å². The number of halogens is 3. The first-order valence-corrected chi connectivity index (χ1v) is 3.14. The minimum atomic E-state index is -1.15. The first-order valence-electron chi connectivity index (χ1n) is 2.39. The maximum absolute atomic E-state index is 12.3. The highest BCUT2D eigenvalue weighted by molar-refractivity contribution is 6.51. The molecular formula is C6H4Cl2F. The van der Waals surface area contributed by atoms with E-state index in [0.29, 0.717) is 0 Å². The zero-order valence-electron chi connectivity index (χ0n) is 4.44. The minimum Gasteiger partial charge on any atom is -0.211 e. The second kappa shape index (κ2) is 2.31. The van der Waals surface area contributed by atoms with Crippen molar-refractivity contribution >= 4 is 23.2 Å². The second-order valence-electron chi connectivity index (χ2n) is 1.73. The van der Waals surface area contributed by atoms with Gasteiger partial charge in [0.25, 0.3) is 0 Å². The van der Waals surface area contributed by atoms with Crippen LogP contribution in [0.25, 0.3) is 0 Å². The Kier molecular flexibility index (Phi) is 1.83. The van der Waals surface area contributed by atoms with Crippen molar-refractivity contribution in [2.24, 2.45) is 0 Å². The molecule has 1 aliphatic carbocycles. The van der Waals surface area contributed by atoms with E-state index in [9.17, 15) is 4.39 Å². The van der Waals surface area contributed by atoms with Crippen LogP contribution in [0.4, 0.5) is 4.39 Å². The summed E-state index contributed by atoms with van der Waals surface area (Å²) in [7, 11) is 0. The van der Waals surface area contributed by atoms with Crippen LogP contribution in [-0.4, -0.2) is 4.33 Å². The van der Waals surface area contributed by atoms with Crippen molar-refractivity contribution in [2.45, 2.75) is 4.33 Å². The van der Waals surface area contributed by atoms with Crippen LogP contribution in [0, 0.1) is 6.42 Å². The fourth-order valence-corrected chi connectivity index (χ4v) is 0.902. The van der Waals surface area contributed by atoms with Gasteiger partial charge in [0.2, 0.25) is 0 Å². The van der Waals surface area contributed by atoms with Crippen molar-refractivity contribution in [3.05, 3.63) is 30.5 Å². The topological polar surface area (TPSA) is 0 Å². The maximum Gasteiger partial charge on any atom is 0.157 e. The fourth-order valence-electron chi connectivity index (χ4n) is 0.548.